The number of methoxy groups -OCH3 is 2. The molecule has 1 heterocycles. The third-order valence-electron chi connectivity index (χ3n) is 6.42. The third-order valence-corrected chi connectivity index (χ3v) is 11.8. The van der Waals surface area contributed by atoms with Gasteiger partial charge in [-0.1, -0.05) is 103 Å². The number of nitrogens with zero attached hydrogens (tertiary/aromatic N) is 2. The molecule has 5 rings (SSSR count). The molecule has 5 nitrogen and oxygen atoms in total. The normalized spacial score (nSPS) is 14.0. The van der Waals surface area contributed by atoms with Gasteiger partial charge < -0.3 is 9.47 Å². The summed E-state index contributed by atoms with van der Waals surface area (Å²) in [6.07, 6.45) is 1.74. The zero-order chi connectivity index (χ0) is 27.2. The molecule has 0 aliphatic carbocycles. The van der Waals surface area contributed by atoms with Crippen LogP contribution in [0.5, 0.6) is 11.5 Å². The van der Waals surface area contributed by atoms with E-state index in [1.807, 2.05) is 60.7 Å². The monoisotopic (exact) mass is 548 g/mol. The maximum Gasteiger partial charge on any atom is 0.284 e. The molecule has 1 aliphatic heterocycles. The second kappa shape index (κ2) is 11.6. The Morgan fingerprint density at radius 2 is 1.36 bits per heavy atom. The number of hydrogen-bond donors (Lipinski definition) is 0. The van der Waals surface area contributed by atoms with Crippen molar-refractivity contribution in [2.75, 3.05) is 14.2 Å². The molecule has 4 aromatic rings. The van der Waals surface area contributed by atoms with Crippen molar-refractivity contribution in [3.8, 4) is 17.6 Å². The van der Waals surface area contributed by atoms with E-state index in [1.165, 1.54) is 11.8 Å². The predicted octanol–water partition coefficient (Wildman–Crippen LogP) is 5.41. The molecule has 7 heteroatoms. The van der Waals surface area contributed by atoms with Gasteiger partial charge in [-0.3, -0.25) is 4.79 Å². The smallest absolute Gasteiger partial charge is 0.284 e. The topological polar surface area (TPSA) is 71.7 Å². The summed E-state index contributed by atoms with van der Waals surface area (Å²) in [6, 6.07) is 38.1. The maximum absolute atomic E-state index is 13.2. The Morgan fingerprint density at radius 1 is 0.821 bits per heavy atom. The highest BCUT2D eigenvalue weighted by Gasteiger charge is 2.35. The van der Waals surface area contributed by atoms with Crippen LogP contribution in [0, 0.1) is 11.3 Å². The van der Waals surface area contributed by atoms with Gasteiger partial charge in [-0.25, -0.2) is 4.99 Å². The molecule has 0 spiro atoms. The molecule has 1 amide bonds. The van der Waals surface area contributed by atoms with Gasteiger partial charge in [0, 0.05) is 5.56 Å². The molecule has 0 fully saturated rings. The largest absolute Gasteiger partial charge is 0.497 e. The van der Waals surface area contributed by atoms with Crippen molar-refractivity contribution in [3.63, 3.8) is 0 Å². The van der Waals surface area contributed by atoms with Crippen molar-refractivity contribution in [2.24, 2.45) is 4.99 Å². The standard InChI is InChI=1S/C32H25N2O3PS/c1-36-24-18-19-28(37-2)23(20-24)21-30-31(35)34-32(39-30)29(22-33)38(25-12-6-3-7-13-25,26-14-8-4-9-15-26)27-16-10-5-11-17-27/h3-21H,1-2H3/b30-21+. The first-order chi connectivity index (χ1) is 19.1. The minimum atomic E-state index is -2.70. The maximum atomic E-state index is 13.2. The number of thioether (sulfide) groups is 1. The van der Waals surface area contributed by atoms with E-state index in [-0.39, 0.29) is 5.91 Å². The highest BCUT2D eigenvalue weighted by atomic mass is 32.2. The number of rotatable bonds is 7. The number of amides is 1. The van der Waals surface area contributed by atoms with Gasteiger partial charge in [0.1, 0.15) is 22.6 Å². The molecule has 192 valence electrons. The summed E-state index contributed by atoms with van der Waals surface area (Å²) in [4.78, 5) is 18.1. The molecule has 39 heavy (non-hydrogen) atoms. The first kappa shape index (κ1) is 26.3. The van der Waals surface area contributed by atoms with E-state index in [0.29, 0.717) is 32.3 Å². The predicted molar refractivity (Wildman–Crippen MR) is 163 cm³/mol. The molecule has 1 aliphatic rings. The van der Waals surface area contributed by atoms with Gasteiger partial charge >= 0.3 is 0 Å². The molecule has 0 N–H and O–H groups in total. The van der Waals surface area contributed by atoms with Crippen LogP contribution < -0.4 is 25.4 Å². The van der Waals surface area contributed by atoms with Crippen molar-refractivity contribution in [3.05, 3.63) is 120 Å². The first-order valence-corrected chi connectivity index (χ1v) is 14.8. The molecule has 0 saturated carbocycles. The van der Waals surface area contributed by atoms with Crippen LogP contribution in [0.15, 0.2) is 119 Å². The molecule has 0 unspecified atom stereocenters. The molecule has 4 aromatic carbocycles. The molecule has 0 radical (unpaired) electrons. The van der Waals surface area contributed by atoms with Gasteiger partial charge in [0.25, 0.3) is 5.91 Å². The minimum absolute atomic E-state index is 0.389. The Kier molecular flexibility index (Phi) is 7.84. The molecule has 0 atom stereocenters. The second-order valence-electron chi connectivity index (χ2n) is 8.58. The lowest BCUT2D eigenvalue weighted by molar-refractivity contribution is -0.113. The Bertz CT molecular complexity index is 1570. The van der Waals surface area contributed by atoms with Crippen molar-refractivity contribution in [1.82, 2.24) is 0 Å². The third kappa shape index (κ3) is 4.95. The molecular formula is C32H25N2O3PS. The fraction of sp³-hybridized carbons (Fsp3) is 0.0625. The minimum Gasteiger partial charge on any atom is -0.497 e. The molecule has 0 aromatic heterocycles. The van der Waals surface area contributed by atoms with E-state index in [4.69, 9.17) is 9.47 Å². The van der Waals surface area contributed by atoms with Crippen molar-refractivity contribution >= 4 is 56.9 Å². The van der Waals surface area contributed by atoms with E-state index in [0.717, 1.165) is 15.9 Å². The lowest BCUT2D eigenvalue weighted by Gasteiger charge is -2.30. The van der Waals surface area contributed by atoms with Crippen LogP contribution in [0.25, 0.3) is 6.08 Å². The summed E-state index contributed by atoms with van der Waals surface area (Å²) in [6.45, 7) is -2.70. The van der Waals surface area contributed by atoms with E-state index >= 15 is 0 Å². The van der Waals surface area contributed by atoms with Crippen molar-refractivity contribution in [2.45, 2.75) is 0 Å². The summed E-state index contributed by atoms with van der Waals surface area (Å²) in [7, 11) is 3.17. The van der Waals surface area contributed by atoms with Gasteiger partial charge in [0.2, 0.25) is 0 Å². The Balaban J connectivity index is 1.77. The number of ether oxygens (including phenoxy) is 2. The lowest BCUT2D eigenvalue weighted by Crippen LogP contribution is -2.32. The second-order valence-corrected chi connectivity index (χ2v) is 12.9. The fourth-order valence-electron chi connectivity index (χ4n) is 4.66. The summed E-state index contributed by atoms with van der Waals surface area (Å²) < 4.78 is 10.9. The molecular weight excluding hydrogens is 523 g/mol. The number of carbonyl (C=O) groups is 1. The lowest BCUT2D eigenvalue weighted by atomic mass is 10.1. The number of carbonyl (C=O) groups excluding carboxylic acids is 1. The molecule has 0 saturated heterocycles. The SMILES string of the molecule is COc1ccc(OC)c(/C=C2/SC(C(C#N)=P(c3ccccc3)(c3ccccc3)c3ccccc3)=NC2=O)c1. The van der Waals surface area contributed by atoms with Crippen LogP contribution >= 0.6 is 18.6 Å². The zero-order valence-electron chi connectivity index (χ0n) is 21.4. The first-order valence-electron chi connectivity index (χ1n) is 12.2. The average Bonchev–Trinajstić information content (AvgIpc) is 3.36. The fourth-order valence-corrected chi connectivity index (χ4v) is 10.0. The van der Waals surface area contributed by atoms with Gasteiger partial charge in [-0.2, -0.15) is 5.26 Å². The van der Waals surface area contributed by atoms with Crippen LogP contribution in [-0.2, 0) is 4.79 Å². The van der Waals surface area contributed by atoms with Gasteiger partial charge in [-0.05, 0) is 47.1 Å². The number of hydrogen-bond acceptors (Lipinski definition) is 5. The van der Waals surface area contributed by atoms with Crippen LogP contribution in [0.4, 0.5) is 0 Å². The van der Waals surface area contributed by atoms with E-state index < -0.39 is 6.89 Å². The Morgan fingerprint density at radius 3 is 1.82 bits per heavy atom. The van der Waals surface area contributed by atoms with Crippen LogP contribution in [0.2, 0.25) is 0 Å². The Hall–Kier alpha value is -4.30. The van der Waals surface area contributed by atoms with Crippen LogP contribution in [0.1, 0.15) is 5.56 Å². The number of nitriles is 1. The number of aliphatic imine (C=N–C) groups is 1. The summed E-state index contributed by atoms with van der Waals surface area (Å²) >= 11 is 1.22. The average molecular weight is 549 g/mol. The Labute approximate surface area is 232 Å². The van der Waals surface area contributed by atoms with E-state index in [9.17, 15) is 10.1 Å². The summed E-state index contributed by atoms with van der Waals surface area (Å²) in [5, 5.41) is 14.8. The van der Waals surface area contributed by atoms with Gasteiger partial charge in [0.05, 0.1) is 24.4 Å². The quantitative estimate of drug-likeness (QED) is 0.228. The van der Waals surface area contributed by atoms with Crippen molar-refractivity contribution < 1.29 is 14.3 Å². The highest BCUT2D eigenvalue weighted by molar-refractivity contribution is 8.22. The van der Waals surface area contributed by atoms with Gasteiger partial charge in [-0.15, -0.1) is 0 Å². The van der Waals surface area contributed by atoms with Crippen LogP contribution in [0.3, 0.4) is 0 Å². The molecule has 0 bridgehead atoms. The summed E-state index contributed by atoms with van der Waals surface area (Å²) in [5.74, 6) is 0.861. The van der Waals surface area contributed by atoms with Crippen LogP contribution in [-0.4, -0.2) is 30.5 Å². The van der Waals surface area contributed by atoms with E-state index in [2.05, 4.69) is 47.5 Å². The highest BCUT2D eigenvalue weighted by Crippen LogP contribution is 2.48. The summed E-state index contributed by atoms with van der Waals surface area (Å²) in [5.41, 5.74) is 0.692. The zero-order valence-corrected chi connectivity index (χ0v) is 23.2. The van der Waals surface area contributed by atoms with Gasteiger partial charge in [0.15, 0.2) is 0 Å². The van der Waals surface area contributed by atoms with Crippen molar-refractivity contribution in [1.29, 1.82) is 5.26 Å². The number of benzene rings is 4. The van der Waals surface area contributed by atoms with E-state index in [1.54, 1.807) is 32.4 Å².